The zero-order valence-corrected chi connectivity index (χ0v) is 9.86. The fraction of sp³-hybridized carbons (Fsp3) is 0.889. The fourth-order valence-corrected chi connectivity index (χ4v) is 1.35. The van der Waals surface area contributed by atoms with Gasteiger partial charge in [0.2, 0.25) is 5.41 Å². The number of carbonyl (C=O) groups excluding carboxylic acids is 1. The Kier molecular flexibility index (Phi) is 4.35. The van der Waals surface area contributed by atoms with Gasteiger partial charge in [0.25, 0.3) is 5.91 Å². The molecule has 0 unspecified atom stereocenters. The molecule has 0 atom stereocenters. The predicted octanol–water partition coefficient (Wildman–Crippen LogP) is 1.48. The molecule has 1 rings (SSSR count). The number of hydrazine groups is 1. The molecule has 0 spiro atoms. The van der Waals surface area contributed by atoms with Gasteiger partial charge in [-0.05, 0) is 6.92 Å². The molecule has 0 saturated carbocycles. The first kappa shape index (κ1) is 16.0. The second kappa shape index (κ2) is 5.16. The van der Waals surface area contributed by atoms with Crippen molar-refractivity contribution in [2.45, 2.75) is 19.3 Å². The maximum Gasteiger partial charge on any atom is 0.411 e. The number of nitrogens with zero attached hydrogens (tertiary/aromatic N) is 1. The van der Waals surface area contributed by atoms with Crippen LogP contribution in [-0.2, 0) is 9.53 Å². The second-order valence-corrected chi connectivity index (χ2v) is 4.16. The Morgan fingerprint density at radius 1 is 1.05 bits per heavy atom. The number of morpholine rings is 1. The van der Waals surface area contributed by atoms with E-state index in [9.17, 15) is 31.1 Å². The summed E-state index contributed by atoms with van der Waals surface area (Å²) in [7, 11) is 0. The molecular weight excluding hydrogens is 282 g/mol. The van der Waals surface area contributed by atoms with Gasteiger partial charge in [0, 0.05) is 13.1 Å². The molecule has 4 nitrogen and oxygen atoms in total. The van der Waals surface area contributed by atoms with Gasteiger partial charge in [0.05, 0.1) is 13.2 Å². The Morgan fingerprint density at radius 3 is 1.84 bits per heavy atom. The van der Waals surface area contributed by atoms with Gasteiger partial charge in [-0.1, -0.05) is 0 Å². The number of ether oxygens (including phenoxy) is 1. The van der Waals surface area contributed by atoms with Crippen LogP contribution in [-0.4, -0.2) is 49.6 Å². The first-order valence-electron chi connectivity index (χ1n) is 5.27. The number of nitrogens with one attached hydrogen (secondary N) is 1. The normalized spacial score (nSPS) is 19.3. The topological polar surface area (TPSA) is 41.6 Å². The summed E-state index contributed by atoms with van der Waals surface area (Å²) in [5, 5.41) is 0.974. The smallest absolute Gasteiger partial charge is 0.379 e. The van der Waals surface area contributed by atoms with Crippen LogP contribution in [0.1, 0.15) is 6.92 Å². The molecule has 1 N–H and O–H groups in total. The van der Waals surface area contributed by atoms with Crippen LogP contribution in [0, 0.1) is 5.41 Å². The highest BCUT2D eigenvalue weighted by molar-refractivity contribution is 5.83. The SMILES string of the molecule is CC(C(=O)NN1CCOCC1)(C(F)(F)F)C(F)(F)F. The van der Waals surface area contributed by atoms with E-state index in [1.807, 2.05) is 0 Å². The van der Waals surface area contributed by atoms with Crippen molar-refractivity contribution in [3.63, 3.8) is 0 Å². The van der Waals surface area contributed by atoms with Crippen LogP contribution in [0.25, 0.3) is 0 Å². The van der Waals surface area contributed by atoms with Crippen LogP contribution in [0.5, 0.6) is 0 Å². The molecule has 0 aromatic heterocycles. The van der Waals surface area contributed by atoms with Crippen molar-refractivity contribution in [3.8, 4) is 0 Å². The number of rotatable bonds is 2. The molecule has 0 radical (unpaired) electrons. The summed E-state index contributed by atoms with van der Waals surface area (Å²) in [4.78, 5) is 11.4. The summed E-state index contributed by atoms with van der Waals surface area (Å²) in [6, 6.07) is 0. The minimum absolute atomic E-state index is 0.0253. The molecule has 0 aromatic rings. The van der Waals surface area contributed by atoms with Gasteiger partial charge in [0.1, 0.15) is 0 Å². The lowest BCUT2D eigenvalue weighted by molar-refractivity contribution is -0.320. The van der Waals surface area contributed by atoms with Crippen LogP contribution in [0.3, 0.4) is 0 Å². The van der Waals surface area contributed by atoms with Crippen LogP contribution < -0.4 is 5.43 Å². The fourth-order valence-electron chi connectivity index (χ4n) is 1.35. The Balaban J connectivity index is 2.90. The van der Waals surface area contributed by atoms with E-state index in [0.29, 0.717) is 0 Å². The molecule has 0 bridgehead atoms. The van der Waals surface area contributed by atoms with Gasteiger partial charge in [0.15, 0.2) is 0 Å². The first-order valence-corrected chi connectivity index (χ1v) is 5.27. The van der Waals surface area contributed by atoms with E-state index in [2.05, 4.69) is 0 Å². The summed E-state index contributed by atoms with van der Waals surface area (Å²) >= 11 is 0. The van der Waals surface area contributed by atoms with Gasteiger partial charge in [-0.15, -0.1) is 0 Å². The van der Waals surface area contributed by atoms with E-state index < -0.39 is 23.7 Å². The van der Waals surface area contributed by atoms with E-state index in [0.717, 1.165) is 5.01 Å². The van der Waals surface area contributed by atoms with E-state index in [4.69, 9.17) is 4.74 Å². The third-order valence-electron chi connectivity index (χ3n) is 2.86. The Bertz CT molecular complexity index is 321. The predicted molar refractivity (Wildman–Crippen MR) is 50.8 cm³/mol. The average Bonchev–Trinajstić information content (AvgIpc) is 2.26. The van der Waals surface area contributed by atoms with Gasteiger partial charge in [-0.3, -0.25) is 10.2 Å². The third kappa shape index (κ3) is 3.11. The maximum absolute atomic E-state index is 12.6. The van der Waals surface area contributed by atoms with E-state index in [1.54, 1.807) is 5.43 Å². The monoisotopic (exact) mass is 294 g/mol. The second-order valence-electron chi connectivity index (χ2n) is 4.16. The number of halogens is 6. The van der Waals surface area contributed by atoms with Crippen LogP contribution in [0.15, 0.2) is 0 Å². The van der Waals surface area contributed by atoms with Crippen molar-refractivity contribution in [3.05, 3.63) is 0 Å². The van der Waals surface area contributed by atoms with Gasteiger partial charge in [-0.2, -0.15) is 26.3 Å². The highest BCUT2D eigenvalue weighted by Crippen LogP contribution is 2.50. The first-order chi connectivity index (χ1) is 8.50. The molecule has 1 saturated heterocycles. The summed E-state index contributed by atoms with van der Waals surface area (Å²) < 4.78 is 80.3. The van der Waals surface area contributed by atoms with E-state index in [-0.39, 0.29) is 33.2 Å². The quantitative estimate of drug-likeness (QED) is 0.784. The summed E-state index contributed by atoms with van der Waals surface area (Å²) in [5.41, 5.74) is -2.80. The van der Waals surface area contributed by atoms with Crippen LogP contribution in [0.2, 0.25) is 0 Å². The maximum atomic E-state index is 12.6. The summed E-state index contributed by atoms with van der Waals surface area (Å²) in [6.45, 7) is 0.113. The minimum Gasteiger partial charge on any atom is -0.379 e. The van der Waals surface area contributed by atoms with Crippen molar-refractivity contribution in [1.82, 2.24) is 10.4 Å². The molecule has 0 aromatic carbocycles. The Hall–Kier alpha value is -1.03. The molecule has 1 aliphatic rings. The molecule has 1 aliphatic heterocycles. The average molecular weight is 294 g/mol. The molecule has 1 fully saturated rings. The summed E-state index contributed by atoms with van der Waals surface area (Å²) in [6.07, 6.45) is -11.5. The van der Waals surface area contributed by atoms with Gasteiger partial charge in [-0.25, -0.2) is 5.01 Å². The third-order valence-corrected chi connectivity index (χ3v) is 2.86. The largest absolute Gasteiger partial charge is 0.411 e. The number of carbonyl (C=O) groups is 1. The molecule has 19 heavy (non-hydrogen) atoms. The lowest BCUT2D eigenvalue weighted by Crippen LogP contribution is -2.61. The number of hydrogen-bond acceptors (Lipinski definition) is 3. The van der Waals surface area contributed by atoms with E-state index in [1.165, 1.54) is 0 Å². The highest BCUT2D eigenvalue weighted by atomic mass is 19.4. The van der Waals surface area contributed by atoms with Crippen molar-refractivity contribution < 1.29 is 35.9 Å². The Labute approximate surface area is 104 Å². The number of amides is 1. The van der Waals surface area contributed by atoms with Gasteiger partial charge < -0.3 is 4.74 Å². The van der Waals surface area contributed by atoms with Crippen molar-refractivity contribution in [1.29, 1.82) is 0 Å². The molecule has 10 heteroatoms. The molecule has 1 amide bonds. The molecule has 1 heterocycles. The lowest BCUT2D eigenvalue weighted by atomic mass is 9.88. The molecule has 112 valence electrons. The lowest BCUT2D eigenvalue weighted by Gasteiger charge is -2.35. The van der Waals surface area contributed by atoms with E-state index >= 15 is 0 Å². The molecular formula is C9H12F6N2O2. The van der Waals surface area contributed by atoms with Crippen molar-refractivity contribution in [2.24, 2.45) is 5.41 Å². The van der Waals surface area contributed by atoms with Crippen molar-refractivity contribution in [2.75, 3.05) is 26.3 Å². The zero-order valence-electron chi connectivity index (χ0n) is 9.86. The van der Waals surface area contributed by atoms with Crippen LogP contribution in [0.4, 0.5) is 26.3 Å². The van der Waals surface area contributed by atoms with Crippen molar-refractivity contribution >= 4 is 5.91 Å². The number of alkyl halides is 6. The zero-order chi connectivity index (χ0) is 14.9. The standard InChI is InChI=1S/C9H12F6N2O2/c1-7(8(10,11)12,9(13,14)15)6(18)16-17-2-4-19-5-3-17/h2-5H2,1H3,(H,16,18). The Morgan fingerprint density at radius 2 is 1.47 bits per heavy atom. The minimum atomic E-state index is -5.73. The van der Waals surface area contributed by atoms with Crippen LogP contribution >= 0.6 is 0 Å². The van der Waals surface area contributed by atoms with Gasteiger partial charge >= 0.3 is 12.4 Å². The number of hydrogen-bond donors (Lipinski definition) is 1. The molecule has 0 aliphatic carbocycles. The highest BCUT2D eigenvalue weighted by Gasteiger charge is 2.72. The summed E-state index contributed by atoms with van der Waals surface area (Å²) in [5.74, 6) is -2.14.